The van der Waals surface area contributed by atoms with Crippen LogP contribution in [0.4, 0.5) is 0 Å². The van der Waals surface area contributed by atoms with Crippen molar-refractivity contribution in [3.8, 4) is 17.2 Å². The van der Waals surface area contributed by atoms with Crippen molar-refractivity contribution in [3.05, 3.63) is 53.1 Å². The summed E-state index contributed by atoms with van der Waals surface area (Å²) < 4.78 is 16.4. The lowest BCUT2D eigenvalue weighted by Gasteiger charge is -2.18. The van der Waals surface area contributed by atoms with E-state index < -0.39 is 5.97 Å². The second-order valence-electron chi connectivity index (χ2n) is 4.97. The molecular weight excluding hydrogens is 268 g/mol. The molecule has 21 heavy (non-hydrogen) atoms. The Hall–Kier alpha value is -2.49. The Kier molecular flexibility index (Phi) is 3.52. The van der Waals surface area contributed by atoms with Crippen molar-refractivity contribution >= 4 is 5.97 Å². The van der Waals surface area contributed by atoms with E-state index >= 15 is 0 Å². The van der Waals surface area contributed by atoms with E-state index in [0.717, 1.165) is 11.1 Å². The van der Waals surface area contributed by atoms with Crippen molar-refractivity contribution in [2.45, 2.75) is 13.8 Å². The Morgan fingerprint density at radius 2 is 1.67 bits per heavy atom. The highest BCUT2D eigenvalue weighted by molar-refractivity contribution is 5.92. The van der Waals surface area contributed by atoms with Crippen molar-refractivity contribution in [2.75, 3.05) is 13.2 Å². The Bertz CT molecular complexity index is 671. The van der Waals surface area contributed by atoms with Crippen LogP contribution in [0.5, 0.6) is 17.2 Å². The highest BCUT2D eigenvalue weighted by Gasteiger charge is 2.17. The van der Waals surface area contributed by atoms with Gasteiger partial charge in [0.2, 0.25) is 0 Å². The zero-order chi connectivity index (χ0) is 14.8. The van der Waals surface area contributed by atoms with Crippen LogP contribution >= 0.6 is 0 Å². The van der Waals surface area contributed by atoms with Crippen molar-refractivity contribution in [1.29, 1.82) is 0 Å². The van der Waals surface area contributed by atoms with Crippen LogP contribution in [-0.2, 0) is 0 Å². The highest BCUT2D eigenvalue weighted by atomic mass is 16.6. The van der Waals surface area contributed by atoms with Crippen molar-refractivity contribution < 1.29 is 19.0 Å². The molecule has 0 atom stereocenters. The number of hydrogen-bond acceptors (Lipinski definition) is 4. The molecule has 2 aromatic rings. The largest absolute Gasteiger partial charge is 0.486 e. The van der Waals surface area contributed by atoms with Crippen LogP contribution in [0.25, 0.3) is 0 Å². The predicted octanol–water partition coefficient (Wildman–Crippen LogP) is 3.29. The normalized spacial score (nSPS) is 12.9. The molecule has 3 rings (SSSR count). The summed E-state index contributed by atoms with van der Waals surface area (Å²) in [5.41, 5.74) is 2.31. The van der Waals surface area contributed by atoms with Crippen LogP contribution in [0.15, 0.2) is 36.4 Å². The minimum absolute atomic E-state index is 0.399. The summed E-state index contributed by atoms with van der Waals surface area (Å²) in [6.07, 6.45) is 0. The summed E-state index contributed by atoms with van der Waals surface area (Å²) >= 11 is 0. The molecule has 0 bridgehead atoms. The molecule has 1 aliphatic heterocycles. The Morgan fingerprint density at radius 3 is 2.38 bits per heavy atom. The van der Waals surface area contributed by atoms with Gasteiger partial charge in [-0.25, -0.2) is 4.79 Å². The van der Waals surface area contributed by atoms with Gasteiger partial charge in [0.05, 0.1) is 5.56 Å². The van der Waals surface area contributed by atoms with Gasteiger partial charge in [-0.2, -0.15) is 0 Å². The van der Waals surface area contributed by atoms with E-state index in [4.69, 9.17) is 14.2 Å². The van der Waals surface area contributed by atoms with Gasteiger partial charge in [-0.15, -0.1) is 0 Å². The molecular formula is C17H16O4. The summed E-state index contributed by atoms with van der Waals surface area (Å²) in [6, 6.07) is 10.8. The van der Waals surface area contributed by atoms with Crippen LogP contribution < -0.4 is 14.2 Å². The van der Waals surface area contributed by atoms with Gasteiger partial charge in [-0.1, -0.05) is 18.2 Å². The lowest BCUT2D eigenvalue weighted by Crippen LogP contribution is -2.16. The molecule has 0 unspecified atom stereocenters. The van der Waals surface area contributed by atoms with Gasteiger partial charge in [0.1, 0.15) is 19.0 Å². The molecule has 4 heteroatoms. The van der Waals surface area contributed by atoms with Crippen LogP contribution in [-0.4, -0.2) is 19.2 Å². The molecule has 0 aromatic heterocycles. The molecule has 0 spiro atoms. The number of esters is 1. The molecule has 0 saturated heterocycles. The van der Waals surface area contributed by atoms with Gasteiger partial charge in [0.15, 0.2) is 11.5 Å². The molecule has 0 fully saturated rings. The first kappa shape index (κ1) is 13.5. The standard InChI is InChI=1S/C17H16O4/c1-11-4-3-5-12(2)16(11)21-17(18)13-6-7-14-15(10-13)20-9-8-19-14/h3-7,10H,8-9H2,1-2H3. The number of fused-ring (bicyclic) bond motifs is 1. The van der Waals surface area contributed by atoms with E-state index in [9.17, 15) is 4.79 Å². The van der Waals surface area contributed by atoms with Crippen molar-refractivity contribution in [1.82, 2.24) is 0 Å². The molecule has 0 radical (unpaired) electrons. The zero-order valence-corrected chi connectivity index (χ0v) is 12.0. The van der Waals surface area contributed by atoms with Gasteiger partial charge >= 0.3 is 5.97 Å². The third kappa shape index (κ3) is 2.70. The van der Waals surface area contributed by atoms with E-state index in [1.165, 1.54) is 0 Å². The lowest BCUT2D eigenvalue weighted by atomic mass is 10.1. The summed E-state index contributed by atoms with van der Waals surface area (Å²) in [6.45, 7) is 4.85. The molecule has 1 heterocycles. The SMILES string of the molecule is Cc1cccc(C)c1OC(=O)c1ccc2c(c1)OCCO2. The molecule has 0 N–H and O–H groups in total. The van der Waals surface area contributed by atoms with E-state index in [2.05, 4.69) is 0 Å². The molecule has 0 saturated carbocycles. The van der Waals surface area contributed by atoms with E-state index in [1.54, 1.807) is 18.2 Å². The van der Waals surface area contributed by atoms with Crippen LogP contribution in [0.3, 0.4) is 0 Å². The predicted molar refractivity (Wildman–Crippen MR) is 78.3 cm³/mol. The number of carbonyl (C=O) groups excluding carboxylic acids is 1. The van der Waals surface area contributed by atoms with Crippen molar-refractivity contribution in [2.24, 2.45) is 0 Å². The minimum Gasteiger partial charge on any atom is -0.486 e. The van der Waals surface area contributed by atoms with Gasteiger partial charge in [-0.3, -0.25) is 0 Å². The van der Waals surface area contributed by atoms with Crippen molar-refractivity contribution in [3.63, 3.8) is 0 Å². The zero-order valence-electron chi connectivity index (χ0n) is 12.0. The Balaban J connectivity index is 1.86. The third-order valence-electron chi connectivity index (χ3n) is 3.38. The number of hydrogen-bond donors (Lipinski definition) is 0. The summed E-state index contributed by atoms with van der Waals surface area (Å²) in [7, 11) is 0. The first-order valence-corrected chi connectivity index (χ1v) is 6.83. The van der Waals surface area contributed by atoms with Crippen LogP contribution in [0.1, 0.15) is 21.5 Å². The molecule has 4 nitrogen and oxygen atoms in total. The van der Waals surface area contributed by atoms with Crippen LogP contribution in [0.2, 0.25) is 0 Å². The maximum Gasteiger partial charge on any atom is 0.343 e. The summed E-state index contributed by atoms with van der Waals surface area (Å²) in [4.78, 5) is 12.3. The number of para-hydroxylation sites is 1. The highest BCUT2D eigenvalue weighted by Crippen LogP contribution is 2.31. The first-order valence-electron chi connectivity index (χ1n) is 6.83. The summed E-state index contributed by atoms with van der Waals surface area (Å²) in [5.74, 6) is 1.45. The monoisotopic (exact) mass is 284 g/mol. The van der Waals surface area contributed by atoms with Crippen LogP contribution in [0, 0.1) is 13.8 Å². The maximum atomic E-state index is 12.3. The molecule has 108 valence electrons. The van der Waals surface area contributed by atoms with E-state index in [0.29, 0.717) is 36.0 Å². The first-order chi connectivity index (χ1) is 10.1. The molecule has 0 amide bonds. The minimum atomic E-state index is -0.399. The van der Waals surface area contributed by atoms with E-state index in [1.807, 2.05) is 32.0 Å². The number of benzene rings is 2. The fraction of sp³-hybridized carbons (Fsp3) is 0.235. The molecule has 2 aromatic carbocycles. The number of ether oxygens (including phenoxy) is 3. The average Bonchev–Trinajstić information content (AvgIpc) is 2.50. The van der Waals surface area contributed by atoms with Gasteiger partial charge in [-0.05, 0) is 43.2 Å². The van der Waals surface area contributed by atoms with E-state index in [-0.39, 0.29) is 0 Å². The number of carbonyl (C=O) groups is 1. The van der Waals surface area contributed by atoms with Gasteiger partial charge in [0, 0.05) is 0 Å². The van der Waals surface area contributed by atoms with Gasteiger partial charge in [0.25, 0.3) is 0 Å². The third-order valence-corrected chi connectivity index (χ3v) is 3.38. The maximum absolute atomic E-state index is 12.3. The fourth-order valence-corrected chi connectivity index (χ4v) is 2.28. The second-order valence-corrected chi connectivity index (χ2v) is 4.97. The number of rotatable bonds is 2. The quantitative estimate of drug-likeness (QED) is 0.627. The Morgan fingerprint density at radius 1 is 1.00 bits per heavy atom. The Labute approximate surface area is 123 Å². The average molecular weight is 284 g/mol. The summed E-state index contributed by atoms with van der Waals surface area (Å²) in [5, 5.41) is 0. The second kappa shape index (κ2) is 5.48. The van der Waals surface area contributed by atoms with Gasteiger partial charge < -0.3 is 14.2 Å². The molecule has 0 aliphatic carbocycles. The molecule has 1 aliphatic rings. The number of aryl methyl sites for hydroxylation is 2. The topological polar surface area (TPSA) is 44.8 Å². The smallest absolute Gasteiger partial charge is 0.343 e. The lowest BCUT2D eigenvalue weighted by molar-refractivity contribution is 0.0731. The fourth-order valence-electron chi connectivity index (χ4n) is 2.28.